The van der Waals surface area contributed by atoms with Crippen LogP contribution in [0.5, 0.6) is 0 Å². The number of aromatic nitrogens is 1. The first-order chi connectivity index (χ1) is 26.8. The van der Waals surface area contributed by atoms with E-state index in [-0.39, 0.29) is 50.0 Å². The van der Waals surface area contributed by atoms with Crippen LogP contribution in [0.2, 0.25) is 0 Å². The summed E-state index contributed by atoms with van der Waals surface area (Å²) in [6, 6.07) is 1.82. The van der Waals surface area contributed by atoms with E-state index in [1.807, 2.05) is 45.0 Å². The number of carboxylic acid groups (broad SMARTS) is 1. The summed E-state index contributed by atoms with van der Waals surface area (Å²) in [5.41, 5.74) is 18.0. The number of aromatic amines is 1. The summed E-state index contributed by atoms with van der Waals surface area (Å²) in [6.07, 6.45) is 2.64. The van der Waals surface area contributed by atoms with E-state index in [9.17, 15) is 38.7 Å². The summed E-state index contributed by atoms with van der Waals surface area (Å²) < 4.78 is 0. The Morgan fingerprint density at radius 2 is 1.39 bits per heavy atom. The van der Waals surface area contributed by atoms with Crippen molar-refractivity contribution >= 4 is 58.3 Å². The lowest BCUT2D eigenvalue weighted by atomic mass is 9.96. The zero-order valence-electron chi connectivity index (χ0n) is 33.6. The molecule has 0 radical (unpaired) electrons. The van der Waals surface area contributed by atoms with Gasteiger partial charge in [0.05, 0.1) is 19.1 Å². The maximum absolute atomic E-state index is 13.6. The number of amides is 6. The molecule has 316 valence electrons. The van der Waals surface area contributed by atoms with Crippen LogP contribution in [0, 0.1) is 17.8 Å². The molecule has 0 saturated carbocycles. The minimum atomic E-state index is -1.31. The third-order valence-electron chi connectivity index (χ3n) is 9.33. The Balaban J connectivity index is 2.18. The second-order valence-corrected chi connectivity index (χ2v) is 14.9. The van der Waals surface area contributed by atoms with Gasteiger partial charge < -0.3 is 59.2 Å². The smallest absolute Gasteiger partial charge is 0.326 e. The number of rotatable bonds is 24. The summed E-state index contributed by atoms with van der Waals surface area (Å²) in [6.45, 7) is 9.99. The summed E-state index contributed by atoms with van der Waals surface area (Å²) in [4.78, 5) is 98.0. The number of H-pyrrole nitrogens is 1. The van der Waals surface area contributed by atoms with Crippen LogP contribution in [-0.2, 0) is 40.0 Å². The number of carbonyl (C=O) groups excluding carboxylic acids is 6. The Hall–Kier alpha value is -5.72. The maximum atomic E-state index is 13.6. The summed E-state index contributed by atoms with van der Waals surface area (Å²) in [5, 5.41) is 26.1. The van der Waals surface area contributed by atoms with Crippen LogP contribution < -0.4 is 49.1 Å². The second kappa shape index (κ2) is 23.4. The molecule has 1 aromatic carbocycles. The number of nitrogens with two attached hydrogens (primary N) is 3. The Kier molecular flexibility index (Phi) is 19.4. The largest absolute Gasteiger partial charge is 0.480 e. The predicted molar refractivity (Wildman–Crippen MR) is 215 cm³/mol. The molecular weight excluding hydrogens is 738 g/mol. The van der Waals surface area contributed by atoms with Gasteiger partial charge in [-0.1, -0.05) is 66.2 Å². The molecule has 0 unspecified atom stereocenters. The number of nitrogens with zero attached hydrogens (tertiary/aromatic N) is 1. The molecule has 6 atom stereocenters. The van der Waals surface area contributed by atoms with Gasteiger partial charge in [-0.2, -0.15) is 0 Å². The molecule has 19 heteroatoms. The minimum absolute atomic E-state index is 0.00958. The van der Waals surface area contributed by atoms with E-state index in [0.29, 0.717) is 12.0 Å². The molecular formula is C38H61N11O8. The molecule has 1 heterocycles. The summed E-state index contributed by atoms with van der Waals surface area (Å²) in [5.74, 6) is -5.96. The fourth-order valence-corrected chi connectivity index (χ4v) is 5.78. The van der Waals surface area contributed by atoms with Crippen LogP contribution in [0.4, 0.5) is 0 Å². The number of aliphatic imine (C=N–C) groups is 1. The normalized spacial score (nSPS) is 14.3. The Labute approximate surface area is 332 Å². The van der Waals surface area contributed by atoms with Crippen LogP contribution >= 0.6 is 0 Å². The number of hydrogen-bond donors (Lipinski definition) is 11. The van der Waals surface area contributed by atoms with Crippen molar-refractivity contribution in [1.29, 1.82) is 0 Å². The second-order valence-electron chi connectivity index (χ2n) is 14.9. The number of aliphatic carboxylic acids is 1. The van der Waals surface area contributed by atoms with Crippen molar-refractivity contribution in [3.8, 4) is 0 Å². The monoisotopic (exact) mass is 799 g/mol. The highest BCUT2D eigenvalue weighted by Crippen LogP contribution is 2.19. The van der Waals surface area contributed by atoms with Gasteiger partial charge in [-0.05, 0) is 48.6 Å². The van der Waals surface area contributed by atoms with Gasteiger partial charge in [0, 0.05) is 30.1 Å². The van der Waals surface area contributed by atoms with Gasteiger partial charge in [0.1, 0.15) is 24.2 Å². The quantitative estimate of drug-likeness (QED) is 0.0351. The molecule has 0 aliphatic rings. The van der Waals surface area contributed by atoms with Gasteiger partial charge in [-0.15, -0.1) is 0 Å². The van der Waals surface area contributed by atoms with E-state index < -0.39 is 90.6 Å². The van der Waals surface area contributed by atoms with Gasteiger partial charge in [0.15, 0.2) is 5.96 Å². The van der Waals surface area contributed by atoms with Gasteiger partial charge in [0.2, 0.25) is 35.4 Å². The number of fused-ring (bicyclic) bond motifs is 1. The van der Waals surface area contributed by atoms with Crippen LogP contribution in [-0.4, -0.2) is 107 Å². The SMILES string of the molecule is CC[C@H](C)[C@H](NC(=O)[C@H](CC(C)C)NC(=O)CNC(=O)[C@@H](N)C(C)C)C(=O)NCC(=O)N[C@@H](Cc1c[nH]c2ccccc12)C(=O)N[C@@H](CCCN=C(N)N)C(=O)O. The zero-order chi connectivity index (χ0) is 42.8. The Bertz CT molecular complexity index is 1720. The molecule has 0 fully saturated rings. The topological polar surface area (TPSA) is 318 Å². The third kappa shape index (κ3) is 16.1. The highest BCUT2D eigenvalue weighted by Gasteiger charge is 2.32. The first-order valence-electron chi connectivity index (χ1n) is 19.2. The Morgan fingerprint density at radius 3 is 1.96 bits per heavy atom. The molecule has 0 spiro atoms. The summed E-state index contributed by atoms with van der Waals surface area (Å²) >= 11 is 0. The first kappa shape index (κ1) is 47.4. The van der Waals surface area contributed by atoms with Crippen molar-refractivity contribution in [2.75, 3.05) is 19.6 Å². The number of benzene rings is 1. The zero-order valence-corrected chi connectivity index (χ0v) is 33.6. The molecule has 1 aromatic heterocycles. The molecule has 6 amide bonds. The fraction of sp³-hybridized carbons (Fsp3) is 0.579. The number of carboxylic acids is 1. The van der Waals surface area contributed by atoms with Gasteiger partial charge >= 0.3 is 5.97 Å². The van der Waals surface area contributed by atoms with Crippen molar-refractivity contribution in [2.24, 2.45) is 39.9 Å². The number of nitrogens with one attached hydrogen (secondary N) is 7. The van der Waals surface area contributed by atoms with Crippen LogP contribution in [0.1, 0.15) is 72.8 Å². The van der Waals surface area contributed by atoms with Crippen molar-refractivity contribution in [3.63, 3.8) is 0 Å². The molecule has 0 bridgehead atoms. The van der Waals surface area contributed by atoms with Crippen molar-refractivity contribution in [3.05, 3.63) is 36.0 Å². The molecule has 0 aliphatic heterocycles. The number of para-hydroxylation sites is 1. The van der Waals surface area contributed by atoms with E-state index >= 15 is 0 Å². The standard InChI is InChI=1S/C38H61N11O8/c1-7-22(6)32(49-34(53)27(15-20(2)3)46-29(50)18-44-35(54)31(39)21(4)5)36(55)45-19-30(51)47-28(16-23-17-43-25-12-9-8-11-24(23)25)33(52)48-26(37(56)57)13-10-14-42-38(40)41/h8-9,11-12,17,20-22,26-28,31-32,43H,7,10,13-16,18-19,39H2,1-6H3,(H,44,54)(H,45,55)(H,46,50)(H,47,51)(H,48,52)(H,49,53)(H,56,57)(H4,40,41,42)/t22-,26-,27-,28-,31-,32-/m0/s1. The molecule has 19 nitrogen and oxygen atoms in total. The highest BCUT2D eigenvalue weighted by molar-refractivity contribution is 5.96. The predicted octanol–water partition coefficient (Wildman–Crippen LogP) is -0.904. The highest BCUT2D eigenvalue weighted by atomic mass is 16.4. The van der Waals surface area contributed by atoms with Crippen LogP contribution in [0.15, 0.2) is 35.5 Å². The molecule has 0 aliphatic carbocycles. The Morgan fingerprint density at radius 1 is 0.789 bits per heavy atom. The van der Waals surface area contributed by atoms with E-state index in [2.05, 4.69) is 41.9 Å². The number of guanidine groups is 1. The van der Waals surface area contributed by atoms with Gasteiger partial charge in [-0.25, -0.2) is 4.79 Å². The molecule has 0 saturated heterocycles. The van der Waals surface area contributed by atoms with Gasteiger partial charge in [-0.3, -0.25) is 33.8 Å². The van der Waals surface area contributed by atoms with E-state index in [1.54, 1.807) is 27.0 Å². The first-order valence-corrected chi connectivity index (χ1v) is 19.2. The van der Waals surface area contributed by atoms with Crippen molar-refractivity contribution in [1.82, 2.24) is 36.9 Å². The van der Waals surface area contributed by atoms with E-state index in [1.165, 1.54) is 0 Å². The third-order valence-corrected chi connectivity index (χ3v) is 9.33. The lowest BCUT2D eigenvalue weighted by Crippen LogP contribution is -2.58. The average Bonchev–Trinajstić information content (AvgIpc) is 3.56. The van der Waals surface area contributed by atoms with E-state index in [4.69, 9.17) is 17.2 Å². The maximum Gasteiger partial charge on any atom is 0.326 e. The molecule has 57 heavy (non-hydrogen) atoms. The fourth-order valence-electron chi connectivity index (χ4n) is 5.78. The molecule has 2 rings (SSSR count). The molecule has 2 aromatic rings. The van der Waals surface area contributed by atoms with Crippen LogP contribution in [0.25, 0.3) is 10.9 Å². The van der Waals surface area contributed by atoms with E-state index in [0.717, 1.165) is 10.9 Å². The van der Waals surface area contributed by atoms with Crippen molar-refractivity contribution in [2.45, 2.75) is 104 Å². The summed E-state index contributed by atoms with van der Waals surface area (Å²) in [7, 11) is 0. The number of carbonyl (C=O) groups is 7. The lowest BCUT2D eigenvalue weighted by molar-refractivity contribution is -0.142. The number of hydrogen-bond acceptors (Lipinski definition) is 9. The molecule has 14 N–H and O–H groups in total. The average molecular weight is 800 g/mol. The minimum Gasteiger partial charge on any atom is -0.480 e. The van der Waals surface area contributed by atoms with Crippen molar-refractivity contribution < 1.29 is 38.7 Å². The lowest BCUT2D eigenvalue weighted by Gasteiger charge is -2.27. The van der Waals surface area contributed by atoms with Gasteiger partial charge in [0.25, 0.3) is 0 Å². The van der Waals surface area contributed by atoms with Crippen LogP contribution in [0.3, 0.4) is 0 Å².